The summed E-state index contributed by atoms with van der Waals surface area (Å²) in [4.78, 5) is 17.3. The highest BCUT2D eigenvalue weighted by Crippen LogP contribution is 2.64. The number of nitrogens with zero attached hydrogens (tertiary/aromatic N) is 2. The van der Waals surface area contributed by atoms with E-state index in [1.54, 1.807) is 0 Å². The first kappa shape index (κ1) is 18.3. The van der Waals surface area contributed by atoms with Gasteiger partial charge in [-0.1, -0.05) is 30.4 Å². The predicted molar refractivity (Wildman–Crippen MR) is 106 cm³/mol. The molecule has 0 bridgehead atoms. The number of amides is 1. The Morgan fingerprint density at radius 2 is 2.15 bits per heavy atom. The summed E-state index contributed by atoms with van der Waals surface area (Å²) in [6.07, 6.45) is 6.06. The zero-order valence-electron chi connectivity index (χ0n) is 15.9. The van der Waals surface area contributed by atoms with Gasteiger partial charge in [-0.15, -0.1) is 13.2 Å². The molecular weight excluding hydrogens is 340 g/mol. The smallest absolute Gasteiger partial charge is 0.414 e. The number of anilines is 1. The van der Waals surface area contributed by atoms with Gasteiger partial charge in [0.1, 0.15) is 0 Å². The predicted octanol–water partition coefficient (Wildman–Crippen LogP) is 3.31. The molecule has 1 spiro atoms. The van der Waals surface area contributed by atoms with E-state index in [0.29, 0.717) is 0 Å². The van der Waals surface area contributed by atoms with Crippen molar-refractivity contribution in [3.05, 3.63) is 55.1 Å². The van der Waals surface area contributed by atoms with Gasteiger partial charge in [0.15, 0.2) is 0 Å². The molecule has 4 rings (SSSR count). The lowest BCUT2D eigenvalue weighted by atomic mass is 9.68. The van der Waals surface area contributed by atoms with Crippen molar-refractivity contribution in [2.45, 2.75) is 36.8 Å². The van der Waals surface area contributed by atoms with Crippen molar-refractivity contribution in [3.8, 4) is 0 Å². The summed E-state index contributed by atoms with van der Waals surface area (Å²) in [5, 5.41) is 10.4. The van der Waals surface area contributed by atoms with Crippen LogP contribution in [-0.2, 0) is 4.74 Å². The van der Waals surface area contributed by atoms with Crippen molar-refractivity contribution in [1.82, 2.24) is 4.90 Å². The molecule has 27 heavy (non-hydrogen) atoms. The first-order valence-electron chi connectivity index (χ1n) is 9.66. The lowest BCUT2D eigenvalue weighted by molar-refractivity contribution is 0.0119. The van der Waals surface area contributed by atoms with Crippen LogP contribution in [0.4, 0.5) is 10.5 Å². The molecule has 2 heterocycles. The van der Waals surface area contributed by atoms with Gasteiger partial charge in [-0.05, 0) is 37.4 Å². The second kappa shape index (κ2) is 6.50. The molecule has 2 fully saturated rings. The van der Waals surface area contributed by atoms with Crippen molar-refractivity contribution in [2.75, 3.05) is 31.7 Å². The number of carbonyl (C=O) groups excluding carboxylic acids is 1. The highest BCUT2D eigenvalue weighted by molar-refractivity contribution is 5.94. The summed E-state index contributed by atoms with van der Waals surface area (Å²) in [7, 11) is 1.44. The summed E-state index contributed by atoms with van der Waals surface area (Å²) in [5.41, 5.74) is 1.27. The van der Waals surface area contributed by atoms with E-state index in [2.05, 4.69) is 24.1 Å². The third-order valence-corrected chi connectivity index (χ3v) is 7.07. The molecule has 1 saturated carbocycles. The highest BCUT2D eigenvalue weighted by Gasteiger charge is 2.69. The Morgan fingerprint density at radius 1 is 1.37 bits per heavy atom. The minimum Gasteiger partial charge on any atom is -0.452 e. The van der Waals surface area contributed by atoms with Crippen molar-refractivity contribution in [1.29, 1.82) is 0 Å². The Kier molecular flexibility index (Phi) is 4.40. The van der Waals surface area contributed by atoms with Crippen LogP contribution in [0.1, 0.15) is 30.7 Å². The molecule has 0 radical (unpaired) electrons. The number of fused-ring (bicyclic) bond motifs is 2. The standard InChI is InChI=1S/C22H28N2O3/c1-4-13-23-14-10-17-16-8-6-7-9-18(16)24(20(26)27-3)22(17)12-11-21(5-2,15-25)19(22)23/h4-9,17,19,25H,1-2,10-15H2,3H3/t17-,19-,21?,22?/m0/s1. The molecule has 5 nitrogen and oxygen atoms in total. The largest absolute Gasteiger partial charge is 0.452 e. The number of likely N-dealkylation sites (tertiary alicyclic amines) is 1. The highest BCUT2D eigenvalue weighted by atomic mass is 16.5. The maximum Gasteiger partial charge on any atom is 0.414 e. The molecule has 1 saturated heterocycles. The number of methoxy groups -OCH3 is 1. The van der Waals surface area contributed by atoms with E-state index >= 15 is 0 Å². The van der Waals surface area contributed by atoms with E-state index in [1.807, 2.05) is 35.3 Å². The monoisotopic (exact) mass is 368 g/mol. The minimum atomic E-state index is -0.448. The van der Waals surface area contributed by atoms with Gasteiger partial charge in [0.25, 0.3) is 0 Å². The molecular formula is C22H28N2O3. The van der Waals surface area contributed by atoms with Crippen LogP contribution in [0, 0.1) is 5.41 Å². The average Bonchev–Trinajstić information content (AvgIpc) is 3.20. The number of piperidine rings is 1. The second-order valence-electron chi connectivity index (χ2n) is 7.98. The van der Waals surface area contributed by atoms with Crippen molar-refractivity contribution in [3.63, 3.8) is 0 Å². The third kappa shape index (κ3) is 2.21. The van der Waals surface area contributed by atoms with Crippen LogP contribution in [0.25, 0.3) is 0 Å². The SMILES string of the molecule is C=CCN1CC[C@H]2c3ccccc3N(C(=O)OC)C23CCC(C=C)(CO)[C@H]13. The zero-order chi connectivity index (χ0) is 19.2. The van der Waals surface area contributed by atoms with E-state index in [4.69, 9.17) is 4.74 Å². The maximum atomic E-state index is 13.0. The van der Waals surface area contributed by atoms with Crippen molar-refractivity contribution in [2.24, 2.45) is 5.41 Å². The molecule has 1 amide bonds. The topological polar surface area (TPSA) is 53.0 Å². The maximum absolute atomic E-state index is 13.0. The number of ether oxygens (including phenoxy) is 1. The van der Waals surface area contributed by atoms with Crippen LogP contribution < -0.4 is 4.90 Å². The molecule has 3 aliphatic rings. The van der Waals surface area contributed by atoms with Crippen LogP contribution in [0.2, 0.25) is 0 Å². The summed E-state index contributed by atoms with van der Waals surface area (Å²) in [5.74, 6) is 0.229. The van der Waals surface area contributed by atoms with Crippen LogP contribution in [0.15, 0.2) is 49.6 Å². The van der Waals surface area contributed by atoms with Gasteiger partial charge < -0.3 is 9.84 Å². The van der Waals surface area contributed by atoms with E-state index in [-0.39, 0.29) is 24.7 Å². The van der Waals surface area contributed by atoms with Gasteiger partial charge in [0.2, 0.25) is 0 Å². The molecule has 2 aliphatic heterocycles. The molecule has 1 N–H and O–H groups in total. The second-order valence-corrected chi connectivity index (χ2v) is 7.98. The average molecular weight is 368 g/mol. The molecule has 2 unspecified atom stereocenters. The van der Waals surface area contributed by atoms with Crippen LogP contribution in [0.3, 0.4) is 0 Å². The number of benzene rings is 1. The molecule has 0 aromatic heterocycles. The Bertz CT molecular complexity index is 779. The van der Waals surface area contributed by atoms with Crippen LogP contribution >= 0.6 is 0 Å². The summed E-state index contributed by atoms with van der Waals surface area (Å²) < 4.78 is 5.23. The normalized spacial score (nSPS) is 34.5. The van der Waals surface area contributed by atoms with E-state index < -0.39 is 11.0 Å². The number of hydrogen-bond donors (Lipinski definition) is 1. The van der Waals surface area contributed by atoms with Crippen LogP contribution in [-0.4, -0.2) is 54.5 Å². The van der Waals surface area contributed by atoms with Gasteiger partial charge in [0.05, 0.1) is 24.9 Å². The molecule has 5 heteroatoms. The Balaban J connectivity index is 1.95. The fourth-order valence-corrected chi connectivity index (χ4v) is 6.11. The number of carbonyl (C=O) groups is 1. The minimum absolute atomic E-state index is 0.0225. The lowest BCUT2D eigenvalue weighted by Gasteiger charge is -2.54. The molecule has 144 valence electrons. The fraction of sp³-hybridized carbons (Fsp3) is 0.500. The first-order valence-corrected chi connectivity index (χ1v) is 9.66. The van der Waals surface area contributed by atoms with Gasteiger partial charge in [-0.2, -0.15) is 0 Å². The number of para-hydroxylation sites is 1. The Hall–Kier alpha value is -2.11. The summed E-state index contributed by atoms with van der Waals surface area (Å²) in [6.45, 7) is 9.65. The zero-order valence-corrected chi connectivity index (χ0v) is 15.9. The molecule has 1 aliphatic carbocycles. The number of hydrogen-bond acceptors (Lipinski definition) is 4. The number of aliphatic hydroxyl groups excluding tert-OH is 1. The lowest BCUT2D eigenvalue weighted by Crippen LogP contribution is -2.68. The first-order chi connectivity index (χ1) is 13.1. The van der Waals surface area contributed by atoms with Gasteiger partial charge in [-0.3, -0.25) is 9.80 Å². The number of rotatable bonds is 4. The summed E-state index contributed by atoms with van der Waals surface area (Å²) >= 11 is 0. The number of aliphatic hydroxyl groups is 1. The fourth-order valence-electron chi connectivity index (χ4n) is 6.11. The van der Waals surface area contributed by atoms with Gasteiger partial charge in [0, 0.05) is 23.9 Å². The summed E-state index contributed by atoms with van der Waals surface area (Å²) in [6, 6.07) is 8.13. The van der Waals surface area contributed by atoms with E-state index in [9.17, 15) is 9.90 Å². The molecule has 1 aromatic rings. The van der Waals surface area contributed by atoms with Crippen LogP contribution in [0.5, 0.6) is 0 Å². The van der Waals surface area contributed by atoms with Crippen molar-refractivity contribution < 1.29 is 14.6 Å². The Morgan fingerprint density at radius 3 is 2.81 bits per heavy atom. The quantitative estimate of drug-likeness (QED) is 0.829. The third-order valence-electron chi connectivity index (χ3n) is 7.07. The van der Waals surface area contributed by atoms with E-state index in [1.165, 1.54) is 12.7 Å². The molecule has 1 aromatic carbocycles. The van der Waals surface area contributed by atoms with Crippen molar-refractivity contribution >= 4 is 11.8 Å². The van der Waals surface area contributed by atoms with Gasteiger partial charge >= 0.3 is 6.09 Å². The van der Waals surface area contributed by atoms with E-state index in [0.717, 1.165) is 38.0 Å². The Labute approximate surface area is 160 Å². The van der Waals surface area contributed by atoms with Gasteiger partial charge in [-0.25, -0.2) is 4.79 Å². The molecule has 4 atom stereocenters.